The lowest BCUT2D eigenvalue weighted by atomic mass is 9.87. The Morgan fingerprint density at radius 2 is 1.73 bits per heavy atom. The smallest absolute Gasteiger partial charge is 0.232 e. The second-order valence-corrected chi connectivity index (χ2v) is 9.59. The number of benzene rings is 3. The van der Waals surface area contributed by atoms with Gasteiger partial charge >= 0.3 is 0 Å². The molecule has 0 radical (unpaired) electrons. The van der Waals surface area contributed by atoms with Gasteiger partial charge in [-0.3, -0.25) is 4.79 Å². The summed E-state index contributed by atoms with van der Waals surface area (Å²) in [7, 11) is 0. The molecule has 3 aromatic rings. The van der Waals surface area contributed by atoms with E-state index in [1.165, 1.54) is 0 Å². The highest BCUT2D eigenvalue weighted by Crippen LogP contribution is 2.32. The van der Waals surface area contributed by atoms with E-state index in [-0.39, 0.29) is 29.5 Å². The molecule has 6 heteroatoms. The number of allylic oxidation sites excluding steroid dienone is 3. The van der Waals surface area contributed by atoms with E-state index in [0.29, 0.717) is 22.0 Å². The van der Waals surface area contributed by atoms with E-state index in [0.717, 1.165) is 16.7 Å². The van der Waals surface area contributed by atoms with Crippen molar-refractivity contribution in [3.05, 3.63) is 124 Å². The van der Waals surface area contributed by atoms with Gasteiger partial charge < -0.3 is 15.8 Å². The molecule has 1 aliphatic rings. The largest absolute Gasteiger partial charge is 0.440 e. The Morgan fingerprint density at radius 3 is 2.35 bits per heavy atom. The van der Waals surface area contributed by atoms with Gasteiger partial charge in [0, 0.05) is 22.2 Å². The Morgan fingerprint density at radius 1 is 1.05 bits per heavy atom. The van der Waals surface area contributed by atoms with Crippen LogP contribution in [0.4, 0.5) is 5.69 Å². The van der Waals surface area contributed by atoms with Gasteiger partial charge in [0.15, 0.2) is 0 Å². The molecular formula is C31H28ClN3O2. The van der Waals surface area contributed by atoms with Gasteiger partial charge in [-0.05, 0) is 59.5 Å². The standard InChI is InChI=1S/C31H28ClN3O2/c1-20(2)29(23-10-14-25(32)15-11-23)31(36)35-26-16-12-22(13-17-26)28-18-24(27(19-33)30(34)37-28)9-8-21-6-4-3-5-7-21/h3-18,20,24,29H,34H2,1-2H3,(H,35,36)/b9-8+. The molecule has 5 nitrogen and oxygen atoms in total. The fourth-order valence-corrected chi connectivity index (χ4v) is 4.41. The number of halogens is 1. The number of hydrogen-bond acceptors (Lipinski definition) is 4. The van der Waals surface area contributed by atoms with Crippen LogP contribution in [-0.2, 0) is 9.53 Å². The lowest BCUT2D eigenvalue weighted by Crippen LogP contribution is -2.25. The molecule has 186 valence electrons. The Balaban J connectivity index is 1.52. The fraction of sp³-hybridized carbons (Fsp3) is 0.161. The van der Waals surface area contributed by atoms with Crippen LogP contribution in [0, 0.1) is 23.2 Å². The van der Waals surface area contributed by atoms with Crippen LogP contribution < -0.4 is 11.1 Å². The number of amides is 1. The second kappa shape index (κ2) is 11.6. The highest BCUT2D eigenvalue weighted by Gasteiger charge is 2.25. The molecule has 1 amide bonds. The van der Waals surface area contributed by atoms with Gasteiger partial charge in [-0.1, -0.05) is 80.1 Å². The van der Waals surface area contributed by atoms with E-state index in [9.17, 15) is 10.1 Å². The summed E-state index contributed by atoms with van der Waals surface area (Å²) in [5, 5.41) is 13.3. The number of nitrogens with zero attached hydrogens (tertiary/aromatic N) is 1. The third kappa shape index (κ3) is 6.30. The van der Waals surface area contributed by atoms with Crippen LogP contribution in [0.25, 0.3) is 11.8 Å². The maximum absolute atomic E-state index is 13.1. The van der Waals surface area contributed by atoms with Crippen molar-refractivity contribution in [1.29, 1.82) is 5.26 Å². The molecule has 2 unspecified atom stereocenters. The quantitative estimate of drug-likeness (QED) is 0.355. The Labute approximate surface area is 222 Å². The first kappa shape index (κ1) is 25.8. The zero-order chi connectivity index (χ0) is 26.4. The molecule has 0 saturated heterocycles. The highest BCUT2D eigenvalue weighted by atomic mass is 35.5. The number of nitrogens with one attached hydrogen (secondary N) is 1. The summed E-state index contributed by atoms with van der Waals surface area (Å²) in [5.74, 6) is 0.0230. The summed E-state index contributed by atoms with van der Waals surface area (Å²) < 4.78 is 5.78. The van der Waals surface area contributed by atoms with Gasteiger partial charge in [0.2, 0.25) is 11.8 Å². The van der Waals surface area contributed by atoms with Crippen molar-refractivity contribution in [1.82, 2.24) is 0 Å². The summed E-state index contributed by atoms with van der Waals surface area (Å²) in [5.41, 5.74) is 9.86. The third-order valence-electron chi connectivity index (χ3n) is 6.18. The van der Waals surface area contributed by atoms with Gasteiger partial charge in [-0.15, -0.1) is 0 Å². The van der Waals surface area contributed by atoms with E-state index in [4.69, 9.17) is 22.1 Å². The summed E-state index contributed by atoms with van der Waals surface area (Å²) >= 11 is 6.02. The molecule has 0 aromatic heterocycles. The predicted molar refractivity (Wildman–Crippen MR) is 149 cm³/mol. The van der Waals surface area contributed by atoms with Crippen LogP contribution in [0.3, 0.4) is 0 Å². The minimum atomic E-state index is -0.320. The number of nitrogens with two attached hydrogens (primary N) is 1. The zero-order valence-corrected chi connectivity index (χ0v) is 21.4. The molecule has 1 aliphatic heterocycles. The van der Waals surface area contributed by atoms with Crippen LogP contribution in [0.15, 0.2) is 102 Å². The molecule has 37 heavy (non-hydrogen) atoms. The van der Waals surface area contributed by atoms with E-state index in [2.05, 4.69) is 11.4 Å². The molecule has 0 bridgehead atoms. The van der Waals surface area contributed by atoms with Crippen molar-refractivity contribution in [2.45, 2.75) is 19.8 Å². The van der Waals surface area contributed by atoms with Gasteiger partial charge in [-0.2, -0.15) is 5.26 Å². The topological polar surface area (TPSA) is 88.1 Å². The number of hydrogen-bond donors (Lipinski definition) is 2. The number of rotatable bonds is 7. The zero-order valence-electron chi connectivity index (χ0n) is 20.7. The van der Waals surface area contributed by atoms with Crippen molar-refractivity contribution in [3.63, 3.8) is 0 Å². The molecule has 4 rings (SSSR count). The maximum atomic E-state index is 13.1. The second-order valence-electron chi connectivity index (χ2n) is 9.16. The SMILES string of the molecule is CC(C)C(C(=O)Nc1ccc(C2=CC(/C=C/c3ccccc3)C(C#N)=C(N)O2)cc1)c1ccc(Cl)cc1. The number of anilines is 1. The minimum absolute atomic E-state index is 0.0860. The van der Waals surface area contributed by atoms with Gasteiger partial charge in [0.05, 0.1) is 5.92 Å². The van der Waals surface area contributed by atoms with Crippen LogP contribution >= 0.6 is 11.6 Å². The van der Waals surface area contributed by atoms with Crippen molar-refractivity contribution in [2.24, 2.45) is 17.6 Å². The fourth-order valence-electron chi connectivity index (χ4n) is 4.28. The average Bonchev–Trinajstić information content (AvgIpc) is 2.89. The Bertz CT molecular complexity index is 1380. The molecule has 0 aliphatic carbocycles. The number of nitriles is 1. The van der Waals surface area contributed by atoms with Gasteiger partial charge in [0.25, 0.3) is 0 Å². The molecule has 3 N–H and O–H groups in total. The van der Waals surface area contributed by atoms with Crippen LogP contribution in [0.1, 0.15) is 36.5 Å². The van der Waals surface area contributed by atoms with Gasteiger partial charge in [-0.25, -0.2) is 0 Å². The molecule has 0 spiro atoms. The summed E-state index contributed by atoms with van der Waals surface area (Å²) in [4.78, 5) is 13.1. The highest BCUT2D eigenvalue weighted by molar-refractivity contribution is 6.30. The van der Waals surface area contributed by atoms with E-state index in [1.54, 1.807) is 12.1 Å². The lowest BCUT2D eigenvalue weighted by molar-refractivity contribution is -0.118. The van der Waals surface area contributed by atoms with Crippen molar-refractivity contribution >= 4 is 35.0 Å². The summed E-state index contributed by atoms with van der Waals surface area (Å²) in [6, 6.07) is 26.7. The van der Waals surface area contributed by atoms with Crippen LogP contribution in [0.5, 0.6) is 0 Å². The normalized spacial score (nSPS) is 16.2. The summed E-state index contributed by atoms with van der Waals surface area (Å²) in [6.07, 6.45) is 5.76. The monoisotopic (exact) mass is 509 g/mol. The molecule has 0 fully saturated rings. The van der Waals surface area contributed by atoms with Crippen molar-refractivity contribution in [2.75, 3.05) is 5.32 Å². The maximum Gasteiger partial charge on any atom is 0.232 e. The Kier molecular flexibility index (Phi) is 8.12. The predicted octanol–water partition coefficient (Wildman–Crippen LogP) is 7.11. The first-order valence-electron chi connectivity index (χ1n) is 12.0. The van der Waals surface area contributed by atoms with E-state index >= 15 is 0 Å². The molecule has 2 atom stereocenters. The number of ether oxygens (including phenoxy) is 1. The molecule has 0 saturated carbocycles. The average molecular weight is 510 g/mol. The number of carbonyl (C=O) groups is 1. The van der Waals surface area contributed by atoms with E-state index in [1.807, 2.05) is 98.8 Å². The van der Waals surface area contributed by atoms with Crippen LogP contribution in [-0.4, -0.2) is 5.91 Å². The van der Waals surface area contributed by atoms with Crippen molar-refractivity contribution in [3.8, 4) is 6.07 Å². The first-order chi connectivity index (χ1) is 17.9. The first-order valence-corrected chi connectivity index (χ1v) is 12.4. The number of carbonyl (C=O) groups excluding carboxylic acids is 1. The van der Waals surface area contributed by atoms with Crippen LogP contribution in [0.2, 0.25) is 5.02 Å². The van der Waals surface area contributed by atoms with E-state index < -0.39 is 0 Å². The van der Waals surface area contributed by atoms with Gasteiger partial charge in [0.1, 0.15) is 17.4 Å². The summed E-state index contributed by atoms with van der Waals surface area (Å²) in [6.45, 7) is 4.04. The minimum Gasteiger partial charge on any atom is -0.440 e. The lowest BCUT2D eigenvalue weighted by Gasteiger charge is -2.22. The Hall–Kier alpha value is -4.27. The molecule has 3 aromatic carbocycles. The molecule has 1 heterocycles. The van der Waals surface area contributed by atoms with Crippen molar-refractivity contribution < 1.29 is 9.53 Å². The molecular weight excluding hydrogens is 482 g/mol. The third-order valence-corrected chi connectivity index (χ3v) is 6.43.